The summed E-state index contributed by atoms with van der Waals surface area (Å²) in [7, 11) is 0. The van der Waals surface area contributed by atoms with E-state index in [9.17, 15) is 9.59 Å². The Morgan fingerprint density at radius 3 is 2.47 bits per heavy atom. The lowest BCUT2D eigenvalue weighted by Gasteiger charge is -2.29. The van der Waals surface area contributed by atoms with Gasteiger partial charge in [0.05, 0.1) is 6.42 Å². The predicted molar refractivity (Wildman–Crippen MR) is 68.7 cm³/mol. The summed E-state index contributed by atoms with van der Waals surface area (Å²) >= 11 is 0. The topological polar surface area (TPSA) is 108 Å². The zero-order valence-corrected chi connectivity index (χ0v) is 11.6. The molecule has 1 aromatic heterocycles. The third-order valence-electron chi connectivity index (χ3n) is 2.80. The number of aromatic nitrogens is 3. The first-order chi connectivity index (χ1) is 8.74. The number of carboxylic acids is 1. The lowest BCUT2D eigenvalue weighted by atomic mass is 9.84. The van der Waals surface area contributed by atoms with Crippen molar-refractivity contribution in [3.05, 3.63) is 11.6 Å². The molecular formula is C12H20N4O3. The Kier molecular flexibility index (Phi) is 4.63. The van der Waals surface area contributed by atoms with Crippen LogP contribution in [-0.2, 0) is 11.2 Å². The van der Waals surface area contributed by atoms with Crippen LogP contribution >= 0.6 is 0 Å². The summed E-state index contributed by atoms with van der Waals surface area (Å²) in [5.74, 6) is -0.756. The second-order valence-corrected chi connectivity index (χ2v) is 5.45. The highest BCUT2D eigenvalue weighted by Crippen LogP contribution is 2.22. The molecular weight excluding hydrogens is 248 g/mol. The molecule has 106 valence electrons. The van der Waals surface area contributed by atoms with Crippen LogP contribution in [0.4, 0.5) is 0 Å². The van der Waals surface area contributed by atoms with Gasteiger partial charge < -0.3 is 10.4 Å². The SMILES string of the molecule is CCc1nc(C(=O)NC(CC(=O)O)C(C)(C)C)n[nH]1. The van der Waals surface area contributed by atoms with Crippen molar-refractivity contribution < 1.29 is 14.7 Å². The summed E-state index contributed by atoms with van der Waals surface area (Å²) in [5, 5.41) is 18.0. The normalized spacial score (nSPS) is 13.1. The number of hydrogen-bond donors (Lipinski definition) is 3. The summed E-state index contributed by atoms with van der Waals surface area (Å²) in [6.07, 6.45) is 0.512. The van der Waals surface area contributed by atoms with Crippen LogP contribution in [-0.4, -0.2) is 38.2 Å². The molecule has 19 heavy (non-hydrogen) atoms. The van der Waals surface area contributed by atoms with Gasteiger partial charge in [-0.25, -0.2) is 4.98 Å². The molecule has 0 aromatic carbocycles. The number of H-pyrrole nitrogens is 1. The zero-order valence-electron chi connectivity index (χ0n) is 11.6. The van der Waals surface area contributed by atoms with Gasteiger partial charge >= 0.3 is 5.97 Å². The minimum Gasteiger partial charge on any atom is -0.481 e. The minimum absolute atomic E-state index is 0.0384. The Labute approximate surface area is 111 Å². The minimum atomic E-state index is -0.954. The lowest BCUT2D eigenvalue weighted by Crippen LogP contribution is -2.45. The maximum atomic E-state index is 12.0. The highest BCUT2D eigenvalue weighted by Gasteiger charge is 2.29. The molecule has 1 amide bonds. The van der Waals surface area contributed by atoms with E-state index in [1.807, 2.05) is 27.7 Å². The molecule has 7 heteroatoms. The average Bonchev–Trinajstić information content (AvgIpc) is 2.74. The van der Waals surface area contributed by atoms with E-state index in [1.54, 1.807) is 0 Å². The summed E-state index contributed by atoms with van der Waals surface area (Å²) in [6, 6.07) is -0.485. The first-order valence-electron chi connectivity index (χ1n) is 6.18. The van der Waals surface area contributed by atoms with E-state index in [-0.39, 0.29) is 17.7 Å². The van der Waals surface area contributed by atoms with Crippen molar-refractivity contribution in [2.24, 2.45) is 5.41 Å². The Morgan fingerprint density at radius 1 is 1.42 bits per heavy atom. The Morgan fingerprint density at radius 2 is 2.05 bits per heavy atom. The van der Waals surface area contributed by atoms with Crippen molar-refractivity contribution >= 4 is 11.9 Å². The maximum absolute atomic E-state index is 12.0. The third kappa shape index (κ3) is 4.35. The van der Waals surface area contributed by atoms with Gasteiger partial charge in [-0.3, -0.25) is 14.7 Å². The number of nitrogens with one attached hydrogen (secondary N) is 2. The molecule has 3 N–H and O–H groups in total. The smallest absolute Gasteiger partial charge is 0.305 e. The van der Waals surface area contributed by atoms with Crippen LogP contribution in [0.25, 0.3) is 0 Å². The third-order valence-corrected chi connectivity index (χ3v) is 2.80. The van der Waals surface area contributed by atoms with E-state index in [4.69, 9.17) is 5.11 Å². The standard InChI is InChI=1S/C12H20N4O3/c1-5-8-14-10(16-15-8)11(19)13-7(6-9(17)18)12(2,3)4/h7H,5-6H2,1-4H3,(H,13,19)(H,17,18)(H,14,15,16). The van der Waals surface area contributed by atoms with E-state index in [2.05, 4.69) is 20.5 Å². The maximum Gasteiger partial charge on any atom is 0.305 e. The Balaban J connectivity index is 2.78. The van der Waals surface area contributed by atoms with Crippen LogP contribution in [0.2, 0.25) is 0 Å². The molecule has 1 aromatic rings. The van der Waals surface area contributed by atoms with Gasteiger partial charge in [-0.2, -0.15) is 0 Å². The van der Waals surface area contributed by atoms with Gasteiger partial charge in [-0.1, -0.05) is 27.7 Å². The summed E-state index contributed by atoms with van der Waals surface area (Å²) in [4.78, 5) is 26.8. The number of aliphatic carboxylic acids is 1. The number of aromatic amines is 1. The monoisotopic (exact) mass is 268 g/mol. The number of aryl methyl sites for hydroxylation is 1. The van der Waals surface area contributed by atoms with Crippen LogP contribution in [0.15, 0.2) is 0 Å². The molecule has 1 rings (SSSR count). The summed E-state index contributed by atoms with van der Waals surface area (Å²) in [5.41, 5.74) is -0.363. The molecule has 1 heterocycles. The predicted octanol–water partition coefficient (Wildman–Crippen LogP) is 0.986. The molecule has 0 saturated carbocycles. The fraction of sp³-hybridized carbons (Fsp3) is 0.667. The quantitative estimate of drug-likeness (QED) is 0.738. The van der Waals surface area contributed by atoms with Crippen LogP contribution in [0, 0.1) is 5.41 Å². The van der Waals surface area contributed by atoms with E-state index < -0.39 is 17.9 Å². The number of carbonyl (C=O) groups is 2. The van der Waals surface area contributed by atoms with Gasteiger partial charge in [-0.05, 0) is 5.41 Å². The van der Waals surface area contributed by atoms with Crippen LogP contribution < -0.4 is 5.32 Å². The fourth-order valence-electron chi connectivity index (χ4n) is 1.53. The van der Waals surface area contributed by atoms with Crippen molar-refractivity contribution in [2.75, 3.05) is 0 Å². The van der Waals surface area contributed by atoms with Crippen LogP contribution in [0.3, 0.4) is 0 Å². The molecule has 0 aliphatic heterocycles. The number of rotatable bonds is 5. The van der Waals surface area contributed by atoms with Crippen molar-refractivity contribution in [1.82, 2.24) is 20.5 Å². The van der Waals surface area contributed by atoms with Gasteiger partial charge in [0.15, 0.2) is 0 Å². The van der Waals surface area contributed by atoms with E-state index in [0.717, 1.165) is 0 Å². The molecule has 1 unspecified atom stereocenters. The largest absolute Gasteiger partial charge is 0.481 e. The Hall–Kier alpha value is -1.92. The molecule has 0 fully saturated rings. The number of nitrogens with zero attached hydrogens (tertiary/aromatic N) is 2. The molecule has 1 atom stereocenters. The van der Waals surface area contributed by atoms with E-state index in [1.165, 1.54) is 0 Å². The highest BCUT2D eigenvalue weighted by atomic mass is 16.4. The van der Waals surface area contributed by atoms with Crippen molar-refractivity contribution in [1.29, 1.82) is 0 Å². The first-order valence-corrected chi connectivity index (χ1v) is 6.18. The molecule has 0 spiro atoms. The van der Waals surface area contributed by atoms with E-state index >= 15 is 0 Å². The van der Waals surface area contributed by atoms with E-state index in [0.29, 0.717) is 12.2 Å². The van der Waals surface area contributed by atoms with Gasteiger partial charge in [0.2, 0.25) is 5.82 Å². The zero-order chi connectivity index (χ0) is 14.6. The van der Waals surface area contributed by atoms with Gasteiger partial charge in [0.25, 0.3) is 5.91 Å². The van der Waals surface area contributed by atoms with Crippen LogP contribution in [0.5, 0.6) is 0 Å². The van der Waals surface area contributed by atoms with Crippen molar-refractivity contribution in [2.45, 2.75) is 46.6 Å². The molecule has 0 bridgehead atoms. The summed E-state index contributed by atoms with van der Waals surface area (Å²) in [6.45, 7) is 7.51. The number of amides is 1. The van der Waals surface area contributed by atoms with Gasteiger partial charge in [-0.15, -0.1) is 5.10 Å². The Bertz CT molecular complexity index is 462. The second kappa shape index (κ2) is 5.81. The first kappa shape index (κ1) is 15.1. The molecule has 0 saturated heterocycles. The molecule has 0 aliphatic carbocycles. The molecule has 7 nitrogen and oxygen atoms in total. The number of carbonyl (C=O) groups excluding carboxylic acids is 1. The molecule has 0 aliphatic rings. The highest BCUT2D eigenvalue weighted by molar-refractivity contribution is 5.90. The number of hydrogen-bond acceptors (Lipinski definition) is 4. The van der Waals surface area contributed by atoms with Gasteiger partial charge in [0.1, 0.15) is 5.82 Å². The summed E-state index contributed by atoms with van der Waals surface area (Å²) < 4.78 is 0. The van der Waals surface area contributed by atoms with Gasteiger partial charge in [0, 0.05) is 12.5 Å². The number of carboxylic acid groups (broad SMARTS) is 1. The average molecular weight is 268 g/mol. The van der Waals surface area contributed by atoms with Crippen LogP contribution in [0.1, 0.15) is 50.6 Å². The molecule has 0 radical (unpaired) electrons. The fourth-order valence-corrected chi connectivity index (χ4v) is 1.53. The van der Waals surface area contributed by atoms with Crippen molar-refractivity contribution in [3.63, 3.8) is 0 Å². The second-order valence-electron chi connectivity index (χ2n) is 5.45. The lowest BCUT2D eigenvalue weighted by molar-refractivity contribution is -0.138. The van der Waals surface area contributed by atoms with Crippen molar-refractivity contribution in [3.8, 4) is 0 Å².